The van der Waals surface area contributed by atoms with E-state index in [-0.39, 0.29) is 12.2 Å². The third-order valence-electron chi connectivity index (χ3n) is 1.84. The highest BCUT2D eigenvalue weighted by atomic mass is 79.9. The lowest BCUT2D eigenvalue weighted by molar-refractivity contribution is -0.385. The van der Waals surface area contributed by atoms with Gasteiger partial charge in [0, 0.05) is 12.6 Å². The number of rotatable bonds is 5. The Morgan fingerprint density at radius 2 is 2.25 bits per heavy atom. The fourth-order valence-corrected chi connectivity index (χ4v) is 1.53. The zero-order chi connectivity index (χ0) is 12.1. The van der Waals surface area contributed by atoms with Gasteiger partial charge in [0.1, 0.15) is 0 Å². The van der Waals surface area contributed by atoms with Crippen LogP contribution in [0.4, 0.5) is 5.69 Å². The predicted octanol–water partition coefficient (Wildman–Crippen LogP) is 0.932. The normalized spacial score (nSPS) is 10.1. The third kappa shape index (κ3) is 3.59. The van der Waals surface area contributed by atoms with Gasteiger partial charge in [-0.2, -0.15) is 0 Å². The smallest absolute Gasteiger partial charge is 0.283 e. The second kappa shape index (κ2) is 5.57. The molecule has 1 rings (SSSR count). The highest BCUT2D eigenvalue weighted by Gasteiger charge is 2.11. The molecule has 0 aliphatic rings. The first-order chi connectivity index (χ1) is 7.50. The maximum absolute atomic E-state index is 10.6. The molecule has 0 spiro atoms. The Morgan fingerprint density at radius 3 is 2.81 bits per heavy atom. The van der Waals surface area contributed by atoms with E-state index in [0.29, 0.717) is 11.0 Å². The predicted molar refractivity (Wildman–Crippen MR) is 61.7 cm³/mol. The maximum Gasteiger partial charge on any atom is 0.283 e. The van der Waals surface area contributed by atoms with Crippen LogP contribution in [-0.4, -0.2) is 17.4 Å². The molecule has 0 atom stereocenters. The van der Waals surface area contributed by atoms with Crippen molar-refractivity contribution in [2.45, 2.75) is 6.54 Å². The van der Waals surface area contributed by atoms with Gasteiger partial charge in [0.25, 0.3) is 5.69 Å². The van der Waals surface area contributed by atoms with Crippen LogP contribution in [0.1, 0.15) is 5.56 Å². The largest absolute Gasteiger partial charge is 0.369 e. The number of hydrogen-bond donors (Lipinski definition) is 2. The van der Waals surface area contributed by atoms with Crippen LogP contribution in [0.2, 0.25) is 0 Å². The molecule has 0 radical (unpaired) electrons. The zero-order valence-corrected chi connectivity index (χ0v) is 9.86. The van der Waals surface area contributed by atoms with E-state index in [4.69, 9.17) is 5.73 Å². The fraction of sp³-hybridized carbons (Fsp3) is 0.222. The van der Waals surface area contributed by atoms with Crippen molar-refractivity contribution in [2.24, 2.45) is 5.73 Å². The van der Waals surface area contributed by atoms with E-state index in [1.165, 1.54) is 6.07 Å². The van der Waals surface area contributed by atoms with Gasteiger partial charge in [-0.1, -0.05) is 6.07 Å². The van der Waals surface area contributed by atoms with Gasteiger partial charge in [0.2, 0.25) is 5.91 Å². The van der Waals surface area contributed by atoms with Crippen molar-refractivity contribution >= 4 is 27.5 Å². The van der Waals surface area contributed by atoms with E-state index in [9.17, 15) is 14.9 Å². The average Bonchev–Trinajstić information content (AvgIpc) is 2.19. The first-order valence-electron chi connectivity index (χ1n) is 4.42. The summed E-state index contributed by atoms with van der Waals surface area (Å²) in [5.41, 5.74) is 5.66. The van der Waals surface area contributed by atoms with Crippen molar-refractivity contribution in [2.75, 3.05) is 6.54 Å². The van der Waals surface area contributed by atoms with Crippen molar-refractivity contribution < 1.29 is 9.72 Å². The van der Waals surface area contributed by atoms with Crippen LogP contribution >= 0.6 is 15.9 Å². The SMILES string of the molecule is NC(=O)CNCc1ccc(Br)c([N+](=O)[O-])c1. The topological polar surface area (TPSA) is 98.3 Å². The molecule has 0 saturated carbocycles. The van der Waals surface area contributed by atoms with Gasteiger partial charge in [-0.25, -0.2) is 0 Å². The van der Waals surface area contributed by atoms with E-state index < -0.39 is 10.8 Å². The molecule has 16 heavy (non-hydrogen) atoms. The highest BCUT2D eigenvalue weighted by Crippen LogP contribution is 2.25. The second-order valence-electron chi connectivity index (χ2n) is 3.11. The molecule has 0 aliphatic heterocycles. The van der Waals surface area contributed by atoms with E-state index in [2.05, 4.69) is 21.2 Å². The number of hydrogen-bond acceptors (Lipinski definition) is 4. The van der Waals surface area contributed by atoms with Crippen LogP contribution in [0.15, 0.2) is 22.7 Å². The molecule has 1 aromatic rings. The minimum absolute atomic E-state index is 0.00150. The first-order valence-corrected chi connectivity index (χ1v) is 5.22. The Morgan fingerprint density at radius 1 is 1.56 bits per heavy atom. The molecular formula is C9H10BrN3O3. The molecular weight excluding hydrogens is 278 g/mol. The van der Waals surface area contributed by atoms with Crippen molar-refractivity contribution in [1.82, 2.24) is 5.32 Å². The summed E-state index contributed by atoms with van der Waals surface area (Å²) in [7, 11) is 0. The molecule has 0 aliphatic carbocycles. The zero-order valence-electron chi connectivity index (χ0n) is 8.27. The summed E-state index contributed by atoms with van der Waals surface area (Å²) in [5, 5.41) is 13.4. The van der Waals surface area contributed by atoms with Crippen LogP contribution < -0.4 is 11.1 Å². The van der Waals surface area contributed by atoms with Gasteiger partial charge in [-0.15, -0.1) is 0 Å². The third-order valence-corrected chi connectivity index (χ3v) is 2.51. The van der Waals surface area contributed by atoms with E-state index >= 15 is 0 Å². The van der Waals surface area contributed by atoms with Crippen LogP contribution in [0.3, 0.4) is 0 Å². The summed E-state index contributed by atoms with van der Waals surface area (Å²) >= 11 is 3.09. The monoisotopic (exact) mass is 287 g/mol. The van der Waals surface area contributed by atoms with Crippen LogP contribution in [0.25, 0.3) is 0 Å². The lowest BCUT2D eigenvalue weighted by Crippen LogP contribution is -2.28. The van der Waals surface area contributed by atoms with Crippen molar-refractivity contribution in [3.8, 4) is 0 Å². The standard InChI is InChI=1S/C9H10BrN3O3/c10-7-2-1-6(3-8(7)13(15)16)4-12-5-9(11)14/h1-3,12H,4-5H2,(H2,11,14). The molecule has 0 bridgehead atoms. The Bertz CT molecular complexity index is 422. The summed E-state index contributed by atoms with van der Waals surface area (Å²) < 4.78 is 0.427. The van der Waals surface area contributed by atoms with E-state index in [1.807, 2.05) is 0 Å². The number of primary amides is 1. The number of nitrogens with one attached hydrogen (secondary N) is 1. The number of nitro groups is 1. The average molecular weight is 288 g/mol. The van der Waals surface area contributed by atoms with Gasteiger partial charge < -0.3 is 11.1 Å². The number of nitro benzene ring substituents is 1. The Kier molecular flexibility index (Phi) is 4.39. The van der Waals surface area contributed by atoms with Crippen molar-refractivity contribution in [3.63, 3.8) is 0 Å². The lowest BCUT2D eigenvalue weighted by Gasteiger charge is -2.03. The molecule has 0 heterocycles. The lowest BCUT2D eigenvalue weighted by atomic mass is 10.2. The fourth-order valence-electron chi connectivity index (χ4n) is 1.14. The van der Waals surface area contributed by atoms with Gasteiger partial charge in [-0.05, 0) is 27.6 Å². The second-order valence-corrected chi connectivity index (χ2v) is 3.97. The summed E-state index contributed by atoms with van der Waals surface area (Å²) in [6, 6.07) is 4.77. The quantitative estimate of drug-likeness (QED) is 0.622. The molecule has 1 amide bonds. The highest BCUT2D eigenvalue weighted by molar-refractivity contribution is 9.10. The number of carbonyl (C=O) groups is 1. The van der Waals surface area contributed by atoms with Gasteiger partial charge in [0.05, 0.1) is 15.9 Å². The number of nitrogens with zero attached hydrogens (tertiary/aromatic N) is 1. The number of amides is 1. The molecule has 7 heteroatoms. The minimum Gasteiger partial charge on any atom is -0.369 e. The van der Waals surface area contributed by atoms with E-state index in [1.54, 1.807) is 12.1 Å². The summed E-state index contributed by atoms with van der Waals surface area (Å²) in [4.78, 5) is 20.6. The molecule has 0 saturated heterocycles. The Hall–Kier alpha value is -1.47. The molecule has 0 fully saturated rings. The molecule has 3 N–H and O–H groups in total. The maximum atomic E-state index is 10.6. The molecule has 86 valence electrons. The molecule has 1 aromatic carbocycles. The minimum atomic E-state index is -0.471. The van der Waals surface area contributed by atoms with E-state index in [0.717, 1.165) is 5.56 Å². The summed E-state index contributed by atoms with van der Waals surface area (Å²) in [6.45, 7) is 0.404. The summed E-state index contributed by atoms with van der Waals surface area (Å²) in [5.74, 6) is -0.466. The van der Waals surface area contributed by atoms with Crippen LogP contribution in [-0.2, 0) is 11.3 Å². The van der Waals surface area contributed by atoms with Crippen molar-refractivity contribution in [3.05, 3.63) is 38.3 Å². The van der Waals surface area contributed by atoms with Gasteiger partial charge in [-0.3, -0.25) is 14.9 Å². The Labute approximate surface area is 100 Å². The summed E-state index contributed by atoms with van der Waals surface area (Å²) in [6.07, 6.45) is 0. The molecule has 6 nitrogen and oxygen atoms in total. The van der Waals surface area contributed by atoms with Gasteiger partial charge >= 0.3 is 0 Å². The van der Waals surface area contributed by atoms with Gasteiger partial charge in [0.15, 0.2) is 0 Å². The van der Waals surface area contributed by atoms with Crippen LogP contribution in [0.5, 0.6) is 0 Å². The number of nitrogens with two attached hydrogens (primary N) is 1. The first kappa shape index (κ1) is 12.6. The number of benzene rings is 1. The van der Waals surface area contributed by atoms with Crippen molar-refractivity contribution in [1.29, 1.82) is 0 Å². The van der Waals surface area contributed by atoms with Crippen LogP contribution in [0, 0.1) is 10.1 Å². The molecule has 0 unspecified atom stereocenters. The Balaban J connectivity index is 2.71. The molecule has 0 aromatic heterocycles. The number of carbonyl (C=O) groups excluding carboxylic acids is 1. The number of halogens is 1.